The van der Waals surface area contributed by atoms with E-state index in [9.17, 15) is 28.5 Å². The third kappa shape index (κ3) is 6.93. The van der Waals surface area contributed by atoms with E-state index in [1.54, 1.807) is 0 Å². The summed E-state index contributed by atoms with van der Waals surface area (Å²) in [6.07, 6.45) is 5.27. The van der Waals surface area contributed by atoms with Crippen molar-refractivity contribution in [2.45, 2.75) is 0 Å². The van der Waals surface area contributed by atoms with Crippen LogP contribution in [0.15, 0.2) is 78.9 Å². The molecule has 0 aromatic heterocycles. The van der Waals surface area contributed by atoms with Crippen molar-refractivity contribution in [1.29, 1.82) is 0 Å². The molecule has 7 nitrogen and oxygen atoms in total. The van der Waals surface area contributed by atoms with Gasteiger partial charge in [0.15, 0.2) is 0 Å². The van der Waals surface area contributed by atoms with Gasteiger partial charge in [0.05, 0.1) is 4.92 Å². The lowest BCUT2D eigenvalue weighted by molar-refractivity contribution is -0.383. The number of halogens is 2. The van der Waals surface area contributed by atoms with E-state index in [4.69, 9.17) is 0 Å². The van der Waals surface area contributed by atoms with Gasteiger partial charge >= 0.3 is 0 Å². The molecule has 0 atom stereocenters. The fraction of sp³-hybridized carbons (Fsp3) is 0. The quantitative estimate of drug-likeness (QED) is 0.295. The molecule has 0 spiro atoms. The Morgan fingerprint density at radius 1 is 0.758 bits per heavy atom. The Kier molecular flexibility index (Phi) is 7.38. The summed E-state index contributed by atoms with van der Waals surface area (Å²) >= 11 is 0. The summed E-state index contributed by atoms with van der Waals surface area (Å²) in [5.74, 6) is -1.99. The average Bonchev–Trinajstić information content (AvgIpc) is 2.78. The number of benzene rings is 3. The SMILES string of the molecule is O=C(C=Cc1ccc(F)cc1)Nc1ccc([N+](=O)[O-])c(NC(=O)C=Cc2ccc(F)cc2)c1. The Morgan fingerprint density at radius 2 is 1.24 bits per heavy atom. The molecule has 2 N–H and O–H groups in total. The largest absolute Gasteiger partial charge is 0.322 e. The van der Waals surface area contributed by atoms with Gasteiger partial charge in [-0.2, -0.15) is 0 Å². The molecule has 2 amide bonds. The molecule has 3 aromatic carbocycles. The monoisotopic (exact) mass is 449 g/mol. The van der Waals surface area contributed by atoms with Crippen LogP contribution in [0.1, 0.15) is 11.1 Å². The maximum atomic E-state index is 13.0. The van der Waals surface area contributed by atoms with Crippen LogP contribution in [0.4, 0.5) is 25.8 Å². The predicted molar refractivity (Wildman–Crippen MR) is 121 cm³/mol. The zero-order chi connectivity index (χ0) is 23.8. The van der Waals surface area contributed by atoms with Gasteiger partial charge in [0.25, 0.3) is 5.69 Å². The van der Waals surface area contributed by atoms with E-state index in [2.05, 4.69) is 10.6 Å². The fourth-order valence-corrected chi connectivity index (χ4v) is 2.72. The molecule has 3 rings (SSSR count). The molecule has 9 heteroatoms. The van der Waals surface area contributed by atoms with Gasteiger partial charge in [0.2, 0.25) is 11.8 Å². The van der Waals surface area contributed by atoms with Crippen LogP contribution in [0, 0.1) is 21.7 Å². The zero-order valence-electron chi connectivity index (χ0n) is 17.0. The van der Waals surface area contributed by atoms with Crippen molar-refractivity contribution < 1.29 is 23.3 Å². The second-order valence-electron chi connectivity index (χ2n) is 6.74. The van der Waals surface area contributed by atoms with Crippen molar-refractivity contribution in [2.75, 3.05) is 10.6 Å². The first kappa shape index (κ1) is 23.0. The van der Waals surface area contributed by atoms with E-state index >= 15 is 0 Å². The molecule has 166 valence electrons. The first-order valence-electron chi connectivity index (χ1n) is 9.58. The van der Waals surface area contributed by atoms with Gasteiger partial charge in [-0.1, -0.05) is 24.3 Å². The summed E-state index contributed by atoms with van der Waals surface area (Å²) < 4.78 is 25.9. The summed E-state index contributed by atoms with van der Waals surface area (Å²) in [5.41, 5.74) is 0.908. The van der Waals surface area contributed by atoms with E-state index in [1.807, 2.05) is 0 Å². The highest BCUT2D eigenvalue weighted by atomic mass is 19.1. The van der Waals surface area contributed by atoms with Crippen LogP contribution in [0.5, 0.6) is 0 Å². The van der Waals surface area contributed by atoms with Gasteiger partial charge in [-0.05, 0) is 59.7 Å². The van der Waals surface area contributed by atoms with Crippen molar-refractivity contribution in [2.24, 2.45) is 0 Å². The van der Waals surface area contributed by atoms with Crippen molar-refractivity contribution in [3.63, 3.8) is 0 Å². The molecule has 3 aromatic rings. The second kappa shape index (κ2) is 10.6. The molecular weight excluding hydrogens is 432 g/mol. The number of hydrogen-bond donors (Lipinski definition) is 2. The topological polar surface area (TPSA) is 101 Å². The summed E-state index contributed by atoms with van der Waals surface area (Å²) in [6.45, 7) is 0. The smallest absolute Gasteiger partial charge is 0.292 e. The maximum absolute atomic E-state index is 13.0. The number of nitro groups is 1. The van der Waals surface area contributed by atoms with Crippen LogP contribution in [0.2, 0.25) is 0 Å². The Bertz CT molecular complexity index is 1240. The molecule has 33 heavy (non-hydrogen) atoms. The minimum Gasteiger partial charge on any atom is -0.322 e. The summed E-state index contributed by atoms with van der Waals surface area (Å²) in [6, 6.07) is 14.7. The second-order valence-corrected chi connectivity index (χ2v) is 6.74. The number of carbonyl (C=O) groups excluding carboxylic acids is 2. The standard InChI is InChI=1S/C24H17F2N3O4/c25-18-7-1-16(2-8-18)5-13-23(30)27-20-11-12-22(29(32)33)21(15-20)28-24(31)14-6-17-3-9-19(26)10-4-17/h1-15H,(H,27,30)(H,28,31). The van der Waals surface area contributed by atoms with Crippen LogP contribution < -0.4 is 10.6 Å². The molecule has 0 aliphatic carbocycles. The minimum absolute atomic E-state index is 0.117. The maximum Gasteiger partial charge on any atom is 0.292 e. The highest BCUT2D eigenvalue weighted by Gasteiger charge is 2.16. The van der Waals surface area contributed by atoms with E-state index in [0.29, 0.717) is 11.1 Å². The third-order valence-corrected chi connectivity index (χ3v) is 4.31. The first-order valence-corrected chi connectivity index (χ1v) is 9.58. The minimum atomic E-state index is -0.667. The molecule has 0 radical (unpaired) electrons. The van der Waals surface area contributed by atoms with Crippen molar-refractivity contribution in [1.82, 2.24) is 0 Å². The highest BCUT2D eigenvalue weighted by molar-refractivity contribution is 6.05. The molecule has 0 unspecified atom stereocenters. The lowest BCUT2D eigenvalue weighted by Gasteiger charge is -2.07. The molecule has 0 bridgehead atoms. The van der Waals surface area contributed by atoms with Crippen LogP contribution in [0.25, 0.3) is 12.2 Å². The van der Waals surface area contributed by atoms with Gasteiger partial charge in [-0.15, -0.1) is 0 Å². The number of rotatable bonds is 7. The van der Waals surface area contributed by atoms with E-state index in [0.717, 1.165) is 12.1 Å². The summed E-state index contributed by atoms with van der Waals surface area (Å²) in [5, 5.41) is 16.3. The Balaban J connectivity index is 1.71. The molecule has 0 heterocycles. The Hall–Kier alpha value is -4.66. The van der Waals surface area contributed by atoms with Crippen LogP contribution in [-0.2, 0) is 9.59 Å². The zero-order valence-corrected chi connectivity index (χ0v) is 17.0. The van der Waals surface area contributed by atoms with Gasteiger partial charge in [-0.3, -0.25) is 19.7 Å². The van der Waals surface area contributed by atoms with Gasteiger partial charge < -0.3 is 10.6 Å². The number of nitrogens with zero attached hydrogens (tertiary/aromatic N) is 1. The van der Waals surface area contributed by atoms with Crippen molar-refractivity contribution >= 4 is 41.0 Å². The first-order chi connectivity index (χ1) is 15.8. The van der Waals surface area contributed by atoms with Gasteiger partial charge in [0.1, 0.15) is 17.3 Å². The van der Waals surface area contributed by atoms with Crippen LogP contribution in [-0.4, -0.2) is 16.7 Å². The van der Waals surface area contributed by atoms with E-state index in [-0.39, 0.29) is 17.1 Å². The van der Waals surface area contributed by atoms with Crippen LogP contribution in [0.3, 0.4) is 0 Å². The molecule has 0 aliphatic heterocycles. The summed E-state index contributed by atoms with van der Waals surface area (Å²) in [7, 11) is 0. The highest BCUT2D eigenvalue weighted by Crippen LogP contribution is 2.28. The number of nitro benzene ring substituents is 1. The molecule has 0 saturated carbocycles. The Labute approximate surface area is 187 Å². The number of anilines is 2. The van der Waals surface area contributed by atoms with Crippen LogP contribution >= 0.6 is 0 Å². The number of carbonyl (C=O) groups is 2. The van der Waals surface area contributed by atoms with E-state index < -0.39 is 28.4 Å². The average molecular weight is 449 g/mol. The third-order valence-electron chi connectivity index (χ3n) is 4.31. The number of amides is 2. The molecular formula is C24H17F2N3O4. The predicted octanol–water partition coefficient (Wildman–Crippen LogP) is 5.18. The summed E-state index contributed by atoms with van der Waals surface area (Å²) in [4.78, 5) is 35.0. The Morgan fingerprint density at radius 3 is 1.73 bits per heavy atom. The fourth-order valence-electron chi connectivity index (χ4n) is 2.72. The van der Waals surface area contributed by atoms with Gasteiger partial charge in [-0.25, -0.2) is 8.78 Å². The number of nitrogens with one attached hydrogen (secondary N) is 2. The molecule has 0 aliphatic rings. The normalized spacial score (nSPS) is 11.0. The lowest BCUT2D eigenvalue weighted by Crippen LogP contribution is -2.12. The molecule has 0 saturated heterocycles. The van der Waals surface area contributed by atoms with Gasteiger partial charge in [0, 0.05) is 23.9 Å². The molecule has 0 fully saturated rings. The van der Waals surface area contributed by atoms with Crippen molar-refractivity contribution in [3.8, 4) is 0 Å². The number of hydrogen-bond acceptors (Lipinski definition) is 4. The lowest BCUT2D eigenvalue weighted by atomic mass is 10.2. The van der Waals surface area contributed by atoms with E-state index in [1.165, 1.54) is 78.9 Å². The van der Waals surface area contributed by atoms with Crippen molar-refractivity contribution in [3.05, 3.63) is 112 Å².